The topological polar surface area (TPSA) is 52.6 Å². The van der Waals surface area contributed by atoms with Gasteiger partial charge in [-0.3, -0.25) is 4.99 Å². The van der Waals surface area contributed by atoms with Crippen LogP contribution in [0.1, 0.15) is 24.5 Å². The average molecular weight is 479 g/mol. The zero-order chi connectivity index (χ0) is 17.7. The molecule has 0 saturated carbocycles. The third-order valence-corrected chi connectivity index (χ3v) is 4.50. The SMILES string of the molecule is CN=C(NCCc1nc(C(F)(F)F)cs1)NCC(C)(C)N(C)C.I. The first kappa shape index (κ1) is 23.4. The molecule has 1 heterocycles. The molecule has 1 aromatic rings. The maximum absolute atomic E-state index is 12.5. The van der Waals surface area contributed by atoms with Crippen LogP contribution in [0.3, 0.4) is 0 Å². The summed E-state index contributed by atoms with van der Waals surface area (Å²) in [5.74, 6) is 0.618. The van der Waals surface area contributed by atoms with E-state index in [4.69, 9.17) is 0 Å². The number of halogens is 4. The molecule has 0 saturated heterocycles. The van der Waals surface area contributed by atoms with E-state index in [0.29, 0.717) is 30.5 Å². The molecular weight excluding hydrogens is 454 g/mol. The van der Waals surface area contributed by atoms with Crippen LogP contribution in [-0.4, -0.2) is 55.6 Å². The fourth-order valence-corrected chi connectivity index (χ4v) is 2.33. The van der Waals surface area contributed by atoms with Crippen LogP contribution >= 0.6 is 35.3 Å². The quantitative estimate of drug-likeness (QED) is 0.375. The smallest absolute Gasteiger partial charge is 0.356 e. The molecule has 0 spiro atoms. The lowest BCUT2D eigenvalue weighted by atomic mass is 10.0. The standard InChI is InChI=1S/C14H24F3N5S.HI/c1-13(2,22(4)5)9-20-12(18-3)19-7-6-11-21-10(8-23-11)14(15,16)17;/h8H,6-7,9H2,1-5H3,(H2,18,19,20);1H. The van der Waals surface area contributed by atoms with Crippen molar-refractivity contribution < 1.29 is 13.2 Å². The van der Waals surface area contributed by atoms with Gasteiger partial charge in [0.2, 0.25) is 0 Å². The Hall–Kier alpha value is -0.620. The van der Waals surface area contributed by atoms with Gasteiger partial charge < -0.3 is 15.5 Å². The van der Waals surface area contributed by atoms with Crippen molar-refractivity contribution in [2.75, 3.05) is 34.2 Å². The third-order valence-electron chi connectivity index (χ3n) is 3.60. The van der Waals surface area contributed by atoms with Crippen molar-refractivity contribution in [1.82, 2.24) is 20.5 Å². The molecule has 0 bridgehead atoms. The van der Waals surface area contributed by atoms with E-state index < -0.39 is 11.9 Å². The Morgan fingerprint density at radius 2 is 1.92 bits per heavy atom. The summed E-state index contributed by atoms with van der Waals surface area (Å²) in [5, 5.41) is 7.79. The van der Waals surface area contributed by atoms with Crippen LogP contribution in [0.25, 0.3) is 0 Å². The zero-order valence-electron chi connectivity index (χ0n) is 14.5. The van der Waals surface area contributed by atoms with Gasteiger partial charge in [-0.1, -0.05) is 0 Å². The fraction of sp³-hybridized carbons (Fsp3) is 0.714. The van der Waals surface area contributed by atoms with Crippen molar-refractivity contribution >= 4 is 41.3 Å². The van der Waals surface area contributed by atoms with E-state index in [1.54, 1.807) is 7.05 Å². The van der Waals surface area contributed by atoms with Gasteiger partial charge in [0.1, 0.15) is 0 Å². The Labute approximate surface area is 162 Å². The second-order valence-electron chi connectivity index (χ2n) is 5.93. The van der Waals surface area contributed by atoms with Crippen LogP contribution < -0.4 is 10.6 Å². The summed E-state index contributed by atoms with van der Waals surface area (Å²) in [4.78, 5) is 9.80. The first-order valence-corrected chi connectivity index (χ1v) is 8.08. The minimum atomic E-state index is -4.38. The lowest BCUT2D eigenvalue weighted by Gasteiger charge is -2.33. The highest BCUT2D eigenvalue weighted by Crippen LogP contribution is 2.29. The number of aromatic nitrogens is 1. The molecule has 0 unspecified atom stereocenters. The molecular formula is C14H25F3IN5S. The number of guanidine groups is 1. The second kappa shape index (κ2) is 9.76. The average Bonchev–Trinajstić information content (AvgIpc) is 2.91. The first-order chi connectivity index (χ1) is 10.6. The van der Waals surface area contributed by atoms with Gasteiger partial charge in [-0.25, -0.2) is 4.98 Å². The summed E-state index contributed by atoms with van der Waals surface area (Å²) in [6.07, 6.45) is -3.96. The maximum atomic E-state index is 12.5. The molecule has 0 fully saturated rings. The predicted octanol–water partition coefficient (Wildman–Crippen LogP) is 2.83. The van der Waals surface area contributed by atoms with Crippen LogP contribution in [0.4, 0.5) is 13.2 Å². The van der Waals surface area contributed by atoms with E-state index in [1.807, 2.05) is 14.1 Å². The summed E-state index contributed by atoms with van der Waals surface area (Å²) in [7, 11) is 5.65. The maximum Gasteiger partial charge on any atom is 0.434 e. The van der Waals surface area contributed by atoms with Crippen molar-refractivity contribution in [1.29, 1.82) is 0 Å². The Balaban J connectivity index is 0.00000529. The van der Waals surface area contributed by atoms with Gasteiger partial charge in [-0.05, 0) is 27.9 Å². The lowest BCUT2D eigenvalue weighted by Crippen LogP contribution is -2.51. The number of rotatable bonds is 6. The van der Waals surface area contributed by atoms with Gasteiger partial charge in [0, 0.05) is 37.5 Å². The van der Waals surface area contributed by atoms with Gasteiger partial charge in [0.15, 0.2) is 11.7 Å². The van der Waals surface area contributed by atoms with E-state index >= 15 is 0 Å². The van der Waals surface area contributed by atoms with Crippen LogP contribution in [0, 0.1) is 0 Å². The summed E-state index contributed by atoms with van der Waals surface area (Å²) < 4.78 is 37.4. The number of hydrogen-bond acceptors (Lipinski definition) is 4. The molecule has 1 rings (SSSR count). The minimum Gasteiger partial charge on any atom is -0.356 e. The number of hydrogen-bond donors (Lipinski definition) is 2. The molecule has 0 radical (unpaired) electrons. The summed E-state index contributed by atoms with van der Waals surface area (Å²) in [6, 6.07) is 0. The van der Waals surface area contributed by atoms with Crippen LogP contribution in [0.5, 0.6) is 0 Å². The summed E-state index contributed by atoms with van der Waals surface area (Å²) >= 11 is 1.02. The zero-order valence-corrected chi connectivity index (χ0v) is 17.6. The summed E-state index contributed by atoms with van der Waals surface area (Å²) in [5.41, 5.74) is -0.873. The molecule has 2 N–H and O–H groups in total. The van der Waals surface area contributed by atoms with Crippen molar-refractivity contribution in [2.24, 2.45) is 4.99 Å². The highest BCUT2D eigenvalue weighted by molar-refractivity contribution is 14.0. The summed E-state index contributed by atoms with van der Waals surface area (Å²) in [6.45, 7) is 5.35. The number of aliphatic imine (C=N–C) groups is 1. The van der Waals surface area contributed by atoms with Gasteiger partial charge in [-0.2, -0.15) is 13.2 Å². The van der Waals surface area contributed by atoms with Crippen molar-refractivity contribution in [3.8, 4) is 0 Å². The van der Waals surface area contributed by atoms with E-state index in [0.717, 1.165) is 16.7 Å². The van der Waals surface area contributed by atoms with E-state index in [1.165, 1.54) is 0 Å². The first-order valence-electron chi connectivity index (χ1n) is 7.20. The normalized spacial score (nSPS) is 13.0. The van der Waals surface area contributed by atoms with Gasteiger partial charge >= 0.3 is 6.18 Å². The molecule has 5 nitrogen and oxygen atoms in total. The van der Waals surface area contributed by atoms with E-state index in [9.17, 15) is 13.2 Å². The van der Waals surface area contributed by atoms with Crippen LogP contribution in [0.15, 0.2) is 10.4 Å². The number of nitrogens with zero attached hydrogens (tertiary/aromatic N) is 3. The molecule has 0 aliphatic heterocycles. The number of thiazole rings is 1. The molecule has 0 aromatic carbocycles. The third kappa shape index (κ3) is 7.51. The van der Waals surface area contributed by atoms with Crippen LogP contribution in [0.2, 0.25) is 0 Å². The Morgan fingerprint density at radius 3 is 2.38 bits per heavy atom. The minimum absolute atomic E-state index is 0. The van der Waals surface area contributed by atoms with Crippen molar-refractivity contribution in [2.45, 2.75) is 32.0 Å². The molecule has 10 heteroatoms. The molecule has 1 aromatic heterocycles. The number of likely N-dealkylation sites (N-methyl/N-ethyl adjacent to an activating group) is 1. The molecule has 140 valence electrons. The van der Waals surface area contributed by atoms with E-state index in [2.05, 4.69) is 39.4 Å². The molecule has 0 amide bonds. The predicted molar refractivity (Wildman–Crippen MR) is 103 cm³/mol. The largest absolute Gasteiger partial charge is 0.434 e. The van der Waals surface area contributed by atoms with Crippen LogP contribution in [-0.2, 0) is 12.6 Å². The highest BCUT2D eigenvalue weighted by atomic mass is 127. The van der Waals surface area contributed by atoms with E-state index in [-0.39, 0.29) is 29.5 Å². The highest BCUT2D eigenvalue weighted by Gasteiger charge is 2.33. The number of alkyl halides is 3. The lowest BCUT2D eigenvalue weighted by molar-refractivity contribution is -0.140. The molecule has 0 aliphatic carbocycles. The fourth-order valence-electron chi connectivity index (χ4n) is 1.52. The second-order valence-corrected chi connectivity index (χ2v) is 6.88. The molecule has 0 aliphatic rings. The van der Waals surface area contributed by atoms with Gasteiger partial charge in [0.05, 0.1) is 5.01 Å². The van der Waals surface area contributed by atoms with Crippen molar-refractivity contribution in [3.05, 3.63) is 16.1 Å². The number of nitrogens with one attached hydrogen (secondary N) is 2. The molecule has 24 heavy (non-hydrogen) atoms. The van der Waals surface area contributed by atoms with Gasteiger partial charge in [0.25, 0.3) is 0 Å². The molecule has 0 atom stereocenters. The van der Waals surface area contributed by atoms with Gasteiger partial charge in [-0.15, -0.1) is 35.3 Å². The monoisotopic (exact) mass is 479 g/mol. The Morgan fingerprint density at radius 1 is 1.29 bits per heavy atom. The Kier molecular flexibility index (Phi) is 9.51. The van der Waals surface area contributed by atoms with Crippen molar-refractivity contribution in [3.63, 3.8) is 0 Å². The Bertz CT molecular complexity index is 529.